The van der Waals surface area contributed by atoms with E-state index >= 15 is 0 Å². The van der Waals surface area contributed by atoms with E-state index in [0.717, 1.165) is 22.6 Å². The summed E-state index contributed by atoms with van der Waals surface area (Å²) in [6.07, 6.45) is 1.16. The van der Waals surface area contributed by atoms with Gasteiger partial charge < -0.3 is 9.15 Å². The van der Waals surface area contributed by atoms with E-state index in [2.05, 4.69) is 10.1 Å². The van der Waals surface area contributed by atoms with E-state index in [1.54, 1.807) is 6.92 Å². The highest BCUT2D eigenvalue weighted by Crippen LogP contribution is 2.15. The second kappa shape index (κ2) is 7.80. The smallest absolute Gasteiger partial charge is 0.352 e. The largest absolute Gasteiger partial charge is 0.431 e. The third-order valence-corrected chi connectivity index (χ3v) is 4.41. The minimum absolute atomic E-state index is 0.0110. The fourth-order valence-electron chi connectivity index (χ4n) is 2.99. The van der Waals surface area contributed by atoms with Gasteiger partial charge in [-0.05, 0) is 18.6 Å². The first-order chi connectivity index (χ1) is 14.1. The Morgan fingerprint density at radius 1 is 1.14 bits per heavy atom. The van der Waals surface area contributed by atoms with E-state index in [1.165, 1.54) is 10.6 Å². The quantitative estimate of drug-likeness (QED) is 0.497. The molecule has 0 atom stereocenters. The van der Waals surface area contributed by atoms with E-state index in [4.69, 9.17) is 9.15 Å². The Balaban J connectivity index is 1.68. The molecule has 4 aromatic rings. The summed E-state index contributed by atoms with van der Waals surface area (Å²) < 4.78 is 27.3. The normalized spacial score (nSPS) is 11.2. The number of hydrogen-bond donors (Lipinski definition) is 0. The van der Waals surface area contributed by atoms with Crippen LogP contribution in [0.2, 0.25) is 0 Å². The molecule has 1 aromatic carbocycles. The Morgan fingerprint density at radius 3 is 2.69 bits per heavy atom. The molecule has 0 saturated heterocycles. The summed E-state index contributed by atoms with van der Waals surface area (Å²) in [6, 6.07) is 12.0. The number of aromatic nitrogens is 4. The Morgan fingerprint density at radius 2 is 1.93 bits per heavy atom. The molecule has 4 rings (SSSR count). The highest BCUT2D eigenvalue weighted by molar-refractivity contribution is 5.77. The van der Waals surface area contributed by atoms with Gasteiger partial charge in [0.25, 0.3) is 0 Å². The van der Waals surface area contributed by atoms with Crippen molar-refractivity contribution in [3.8, 4) is 5.82 Å². The van der Waals surface area contributed by atoms with Crippen LogP contribution in [-0.4, -0.2) is 19.3 Å². The van der Waals surface area contributed by atoms with Crippen LogP contribution < -0.4 is 11.3 Å². The second-order valence-corrected chi connectivity index (χ2v) is 6.27. The van der Waals surface area contributed by atoms with Gasteiger partial charge in [-0.1, -0.05) is 30.3 Å². The standard InChI is InChI=1S/C20H17FN4O4/c1-2-24-17(12-28-11-13-6-4-3-5-7-13)23-25(20(24)27)18-15(21)10-14-16(22-18)8-9-29-19(14)26/h3-10H,2,11-12H2,1H3. The first kappa shape index (κ1) is 18.8. The Kier molecular flexibility index (Phi) is 5.05. The zero-order valence-electron chi connectivity index (χ0n) is 15.5. The third-order valence-electron chi connectivity index (χ3n) is 4.41. The molecule has 8 nitrogen and oxygen atoms in total. The zero-order valence-corrected chi connectivity index (χ0v) is 15.5. The van der Waals surface area contributed by atoms with E-state index in [0.29, 0.717) is 19.0 Å². The number of nitrogens with zero attached hydrogens (tertiary/aromatic N) is 4. The highest BCUT2D eigenvalue weighted by Gasteiger charge is 2.19. The summed E-state index contributed by atoms with van der Waals surface area (Å²) in [5, 5.41) is 4.20. The van der Waals surface area contributed by atoms with E-state index in [1.807, 2.05) is 30.3 Å². The average Bonchev–Trinajstić information content (AvgIpc) is 3.04. The van der Waals surface area contributed by atoms with Crippen molar-refractivity contribution in [1.29, 1.82) is 0 Å². The van der Waals surface area contributed by atoms with Gasteiger partial charge in [0.2, 0.25) is 0 Å². The Bertz CT molecular complexity index is 1280. The summed E-state index contributed by atoms with van der Waals surface area (Å²) >= 11 is 0. The van der Waals surface area contributed by atoms with Gasteiger partial charge in [-0.25, -0.2) is 19.0 Å². The number of ether oxygens (including phenoxy) is 1. The molecule has 0 N–H and O–H groups in total. The van der Waals surface area contributed by atoms with Crippen molar-refractivity contribution >= 4 is 10.9 Å². The van der Waals surface area contributed by atoms with Crippen molar-refractivity contribution in [2.45, 2.75) is 26.7 Å². The van der Waals surface area contributed by atoms with Crippen molar-refractivity contribution < 1.29 is 13.5 Å². The molecule has 0 saturated carbocycles. The molecule has 0 aliphatic heterocycles. The fourth-order valence-corrected chi connectivity index (χ4v) is 2.99. The van der Waals surface area contributed by atoms with Gasteiger partial charge >= 0.3 is 11.3 Å². The van der Waals surface area contributed by atoms with Gasteiger partial charge in [0.05, 0.1) is 23.8 Å². The van der Waals surface area contributed by atoms with Crippen LogP contribution in [0.25, 0.3) is 16.7 Å². The lowest BCUT2D eigenvalue weighted by Crippen LogP contribution is -2.25. The maximum Gasteiger partial charge on any atom is 0.352 e. The van der Waals surface area contributed by atoms with Gasteiger partial charge in [0, 0.05) is 12.6 Å². The van der Waals surface area contributed by atoms with Gasteiger partial charge in [-0.3, -0.25) is 4.57 Å². The van der Waals surface area contributed by atoms with Crippen LogP contribution >= 0.6 is 0 Å². The lowest BCUT2D eigenvalue weighted by Gasteiger charge is -2.04. The predicted octanol–water partition coefficient (Wildman–Crippen LogP) is 2.41. The monoisotopic (exact) mass is 396 g/mol. The topological polar surface area (TPSA) is 92.2 Å². The Labute approximate surface area is 163 Å². The lowest BCUT2D eigenvalue weighted by molar-refractivity contribution is 0.0989. The highest BCUT2D eigenvalue weighted by atomic mass is 19.1. The molecule has 0 radical (unpaired) electrons. The van der Waals surface area contributed by atoms with Crippen LogP contribution in [0.1, 0.15) is 18.3 Å². The van der Waals surface area contributed by atoms with E-state index < -0.39 is 17.1 Å². The van der Waals surface area contributed by atoms with Crippen molar-refractivity contribution in [2.24, 2.45) is 0 Å². The van der Waals surface area contributed by atoms with Crippen LogP contribution in [0.4, 0.5) is 4.39 Å². The SMILES string of the molecule is CCn1c(COCc2ccccc2)nn(-c2nc3ccoc(=O)c3cc2F)c1=O. The van der Waals surface area contributed by atoms with Crippen LogP contribution in [0.15, 0.2) is 62.7 Å². The molecule has 0 amide bonds. The van der Waals surface area contributed by atoms with Crippen LogP contribution in [0, 0.1) is 5.82 Å². The molecule has 3 aromatic heterocycles. The predicted molar refractivity (Wildman–Crippen MR) is 102 cm³/mol. The summed E-state index contributed by atoms with van der Waals surface area (Å²) in [5.74, 6) is -0.789. The number of benzene rings is 1. The van der Waals surface area contributed by atoms with Gasteiger partial charge in [-0.2, -0.15) is 4.68 Å². The molecule has 3 heterocycles. The molecule has 0 aliphatic carbocycles. The van der Waals surface area contributed by atoms with Crippen molar-refractivity contribution in [2.75, 3.05) is 0 Å². The van der Waals surface area contributed by atoms with Gasteiger partial charge in [-0.15, -0.1) is 5.10 Å². The first-order valence-electron chi connectivity index (χ1n) is 8.97. The third kappa shape index (κ3) is 3.59. The molecule has 29 heavy (non-hydrogen) atoms. The molecular weight excluding hydrogens is 379 g/mol. The average molecular weight is 396 g/mol. The van der Waals surface area contributed by atoms with E-state index in [9.17, 15) is 14.0 Å². The van der Waals surface area contributed by atoms with Gasteiger partial charge in [0.1, 0.15) is 6.61 Å². The molecule has 0 unspecified atom stereocenters. The minimum Gasteiger partial charge on any atom is -0.431 e. The number of halogens is 1. The summed E-state index contributed by atoms with van der Waals surface area (Å²) in [4.78, 5) is 28.5. The summed E-state index contributed by atoms with van der Waals surface area (Å²) in [7, 11) is 0. The number of rotatable bonds is 6. The zero-order chi connectivity index (χ0) is 20.4. The molecule has 0 aliphatic rings. The molecule has 0 spiro atoms. The lowest BCUT2D eigenvalue weighted by atomic mass is 10.2. The second-order valence-electron chi connectivity index (χ2n) is 6.27. The van der Waals surface area contributed by atoms with Crippen LogP contribution in [0.5, 0.6) is 0 Å². The molecule has 0 bridgehead atoms. The van der Waals surface area contributed by atoms with Crippen molar-refractivity contribution in [1.82, 2.24) is 19.3 Å². The molecule has 9 heteroatoms. The molecule has 0 fully saturated rings. The minimum atomic E-state index is -0.851. The number of hydrogen-bond acceptors (Lipinski definition) is 6. The van der Waals surface area contributed by atoms with Crippen LogP contribution in [0.3, 0.4) is 0 Å². The maximum absolute atomic E-state index is 14.6. The van der Waals surface area contributed by atoms with Gasteiger partial charge in [0.15, 0.2) is 17.5 Å². The molecule has 148 valence electrons. The first-order valence-corrected chi connectivity index (χ1v) is 8.97. The number of fused-ring (bicyclic) bond motifs is 1. The van der Waals surface area contributed by atoms with Crippen LogP contribution in [-0.2, 0) is 24.5 Å². The molecular formula is C20H17FN4O4. The van der Waals surface area contributed by atoms with E-state index in [-0.39, 0.29) is 23.3 Å². The summed E-state index contributed by atoms with van der Waals surface area (Å²) in [6.45, 7) is 2.54. The Hall–Kier alpha value is -3.59. The fraction of sp³-hybridized carbons (Fsp3) is 0.200. The van der Waals surface area contributed by atoms with Crippen molar-refractivity contribution in [3.63, 3.8) is 0 Å². The van der Waals surface area contributed by atoms with Crippen molar-refractivity contribution in [3.05, 3.63) is 86.8 Å². The maximum atomic E-state index is 14.6. The summed E-state index contributed by atoms with van der Waals surface area (Å²) in [5.41, 5.74) is -0.0581. The number of pyridine rings is 1.